The number of benzene rings is 2. The van der Waals surface area contributed by atoms with Gasteiger partial charge in [0.1, 0.15) is 0 Å². The van der Waals surface area contributed by atoms with Crippen LogP contribution >= 0.6 is 0 Å². The van der Waals surface area contributed by atoms with Crippen molar-refractivity contribution in [2.45, 2.75) is 77.0 Å². The Morgan fingerprint density at radius 2 is 1.20 bits per heavy atom. The Morgan fingerprint density at radius 3 is 1.83 bits per heavy atom. The lowest BCUT2D eigenvalue weighted by Crippen LogP contribution is -2.08. The maximum Gasteiger partial charge on any atom is 0.373 e. The molecule has 0 atom stereocenters. The normalized spacial score (nSPS) is 10.8. The molecule has 30 heavy (non-hydrogen) atoms. The average molecular weight is 410 g/mol. The van der Waals surface area contributed by atoms with E-state index in [0.29, 0.717) is 12.2 Å². The Balaban J connectivity index is 1.52. The van der Waals surface area contributed by atoms with E-state index in [-0.39, 0.29) is 0 Å². The molecular weight excluding hydrogens is 372 g/mol. The molecule has 0 bridgehead atoms. The van der Waals surface area contributed by atoms with E-state index < -0.39 is 5.97 Å². The minimum atomic E-state index is -0.440. The van der Waals surface area contributed by atoms with Gasteiger partial charge in [0.2, 0.25) is 0 Å². The van der Waals surface area contributed by atoms with Crippen LogP contribution in [-0.2, 0) is 9.78 Å². The third-order valence-electron chi connectivity index (χ3n) is 5.34. The molecule has 2 rings (SSSR count). The number of rotatable bonds is 16. The molecule has 0 spiro atoms. The minimum absolute atomic E-state index is 0.440. The molecule has 2 aromatic carbocycles. The average Bonchev–Trinajstić information content (AvgIpc) is 2.79. The van der Waals surface area contributed by atoms with E-state index in [4.69, 9.17) is 9.78 Å². The zero-order valence-corrected chi connectivity index (χ0v) is 18.3. The van der Waals surface area contributed by atoms with E-state index >= 15 is 0 Å². The van der Waals surface area contributed by atoms with Crippen molar-refractivity contribution in [3.63, 3.8) is 0 Å². The molecule has 3 heteroatoms. The fourth-order valence-corrected chi connectivity index (χ4v) is 3.60. The highest BCUT2D eigenvalue weighted by Crippen LogP contribution is 2.24. The van der Waals surface area contributed by atoms with Crippen molar-refractivity contribution in [1.29, 1.82) is 0 Å². The van der Waals surface area contributed by atoms with Gasteiger partial charge in [-0.2, -0.15) is 4.89 Å². The summed E-state index contributed by atoms with van der Waals surface area (Å²) in [5, 5.41) is 0. The van der Waals surface area contributed by atoms with E-state index in [1.807, 2.05) is 48.5 Å². The molecule has 0 N–H and O–H groups in total. The Labute approximate surface area is 182 Å². The summed E-state index contributed by atoms with van der Waals surface area (Å²) in [6.07, 6.45) is 15.0. The smallest absolute Gasteiger partial charge is 0.293 e. The topological polar surface area (TPSA) is 35.5 Å². The molecule has 2 aromatic rings. The fourth-order valence-electron chi connectivity index (χ4n) is 3.60. The third-order valence-corrected chi connectivity index (χ3v) is 5.34. The second-order valence-electron chi connectivity index (χ2n) is 7.85. The maximum absolute atomic E-state index is 12.4. The van der Waals surface area contributed by atoms with Crippen LogP contribution in [0.3, 0.4) is 0 Å². The molecule has 0 aliphatic rings. The van der Waals surface area contributed by atoms with Gasteiger partial charge in [-0.05, 0) is 23.6 Å². The summed E-state index contributed by atoms with van der Waals surface area (Å²) in [4.78, 5) is 22.6. The molecule has 0 unspecified atom stereocenters. The lowest BCUT2D eigenvalue weighted by Gasteiger charge is -2.09. The van der Waals surface area contributed by atoms with Gasteiger partial charge in [-0.3, -0.25) is 4.89 Å². The molecule has 0 heterocycles. The standard InChI is InChI=1S/C27H37O3/c1-2-3-4-5-6-7-8-9-10-11-12-18-23-29-30-27(28)26-22-17-16-21-25(26)24-19-14-13-15-20-24/h13-17,19-22H,1-12,18,23H2. The van der Waals surface area contributed by atoms with Crippen LogP contribution in [0.5, 0.6) is 0 Å². The Kier molecular flexibility index (Phi) is 12.6. The van der Waals surface area contributed by atoms with Crippen molar-refractivity contribution in [2.75, 3.05) is 6.61 Å². The number of hydrogen-bond donors (Lipinski definition) is 0. The molecule has 3 nitrogen and oxygen atoms in total. The molecule has 0 aliphatic heterocycles. The first-order chi connectivity index (χ1) is 14.8. The van der Waals surface area contributed by atoms with Crippen LogP contribution in [0, 0.1) is 6.92 Å². The lowest BCUT2D eigenvalue weighted by atomic mass is 10.00. The van der Waals surface area contributed by atoms with Crippen LogP contribution < -0.4 is 0 Å². The van der Waals surface area contributed by atoms with Gasteiger partial charge < -0.3 is 0 Å². The van der Waals surface area contributed by atoms with Crippen LogP contribution in [0.4, 0.5) is 0 Å². The zero-order chi connectivity index (χ0) is 21.3. The van der Waals surface area contributed by atoms with Gasteiger partial charge in [0.25, 0.3) is 0 Å². The van der Waals surface area contributed by atoms with Gasteiger partial charge in [0.05, 0.1) is 12.2 Å². The van der Waals surface area contributed by atoms with Crippen LogP contribution in [0.25, 0.3) is 11.1 Å². The monoisotopic (exact) mass is 409 g/mol. The highest BCUT2D eigenvalue weighted by atomic mass is 17.2. The summed E-state index contributed by atoms with van der Waals surface area (Å²) in [7, 11) is 0. The molecule has 0 saturated carbocycles. The van der Waals surface area contributed by atoms with Gasteiger partial charge in [0.15, 0.2) is 0 Å². The fraction of sp³-hybridized carbons (Fsp3) is 0.481. The van der Waals surface area contributed by atoms with Crippen molar-refractivity contribution in [3.05, 3.63) is 67.1 Å². The van der Waals surface area contributed by atoms with Gasteiger partial charge in [-0.1, -0.05) is 126 Å². The van der Waals surface area contributed by atoms with Crippen molar-refractivity contribution in [1.82, 2.24) is 0 Å². The van der Waals surface area contributed by atoms with Crippen molar-refractivity contribution < 1.29 is 14.6 Å². The van der Waals surface area contributed by atoms with Gasteiger partial charge in [-0.15, -0.1) is 0 Å². The molecule has 0 amide bonds. The highest BCUT2D eigenvalue weighted by Gasteiger charge is 2.14. The van der Waals surface area contributed by atoms with E-state index in [1.165, 1.54) is 57.8 Å². The lowest BCUT2D eigenvalue weighted by molar-refractivity contribution is -0.241. The first-order valence-electron chi connectivity index (χ1n) is 11.6. The predicted octanol–water partition coefficient (Wildman–Crippen LogP) is 7.96. The van der Waals surface area contributed by atoms with E-state index in [9.17, 15) is 4.79 Å². The second kappa shape index (κ2) is 15.7. The summed E-state index contributed by atoms with van der Waals surface area (Å²) in [5.74, 6) is -0.440. The van der Waals surface area contributed by atoms with Crippen LogP contribution in [0.1, 0.15) is 87.4 Å². The van der Waals surface area contributed by atoms with Crippen LogP contribution in [0.2, 0.25) is 0 Å². The quantitative estimate of drug-likeness (QED) is 0.160. The molecular formula is C27H37O3. The maximum atomic E-state index is 12.4. The largest absolute Gasteiger partial charge is 0.373 e. The number of carbonyl (C=O) groups excluding carboxylic acids is 1. The Morgan fingerprint density at radius 1 is 0.667 bits per heavy atom. The number of unbranched alkanes of at least 4 members (excludes halogenated alkanes) is 11. The van der Waals surface area contributed by atoms with Gasteiger partial charge >= 0.3 is 5.97 Å². The first-order valence-corrected chi connectivity index (χ1v) is 11.6. The highest BCUT2D eigenvalue weighted by molar-refractivity contribution is 5.96. The molecule has 0 aromatic heterocycles. The summed E-state index contributed by atoms with van der Waals surface area (Å²) in [6.45, 7) is 4.33. The Hall–Kier alpha value is -2.13. The van der Waals surface area contributed by atoms with Crippen LogP contribution in [-0.4, -0.2) is 12.6 Å². The first kappa shape index (κ1) is 24.1. The summed E-state index contributed by atoms with van der Waals surface area (Å²) >= 11 is 0. The number of hydrogen-bond acceptors (Lipinski definition) is 3. The van der Waals surface area contributed by atoms with Crippen molar-refractivity contribution >= 4 is 5.97 Å². The predicted molar refractivity (Wildman–Crippen MR) is 124 cm³/mol. The Bertz CT molecular complexity index is 696. The summed E-state index contributed by atoms with van der Waals surface area (Å²) in [6, 6.07) is 17.3. The molecule has 0 saturated heterocycles. The van der Waals surface area contributed by atoms with Gasteiger partial charge in [-0.25, -0.2) is 4.79 Å². The van der Waals surface area contributed by atoms with E-state index in [2.05, 4.69) is 6.92 Å². The second-order valence-corrected chi connectivity index (χ2v) is 7.85. The molecule has 163 valence electrons. The van der Waals surface area contributed by atoms with Crippen molar-refractivity contribution in [3.8, 4) is 11.1 Å². The van der Waals surface area contributed by atoms with Crippen LogP contribution in [0.15, 0.2) is 54.6 Å². The molecule has 0 aliphatic carbocycles. The number of carbonyl (C=O) groups is 1. The van der Waals surface area contributed by atoms with E-state index in [0.717, 1.165) is 30.4 Å². The third kappa shape index (κ3) is 9.58. The van der Waals surface area contributed by atoms with Crippen molar-refractivity contribution in [2.24, 2.45) is 0 Å². The van der Waals surface area contributed by atoms with E-state index in [1.54, 1.807) is 6.07 Å². The SMILES string of the molecule is [CH2]CCCCCCCCCCCCCOOC(=O)c1ccccc1-c1ccccc1. The summed E-state index contributed by atoms with van der Waals surface area (Å²) < 4.78 is 0. The van der Waals surface area contributed by atoms with Gasteiger partial charge in [0, 0.05) is 0 Å². The minimum Gasteiger partial charge on any atom is -0.293 e. The summed E-state index contributed by atoms with van der Waals surface area (Å²) in [5.41, 5.74) is 2.37. The molecule has 0 fully saturated rings. The molecule has 1 radical (unpaired) electrons. The zero-order valence-electron chi connectivity index (χ0n) is 18.3.